The number of hydrogen-bond acceptors (Lipinski definition) is 6. The summed E-state index contributed by atoms with van der Waals surface area (Å²) in [5.41, 5.74) is 6.95. The molecule has 0 aliphatic heterocycles. The Hall–Kier alpha value is -4.33. The van der Waals surface area contributed by atoms with Gasteiger partial charge >= 0.3 is 0 Å². The highest BCUT2D eigenvalue weighted by molar-refractivity contribution is 5.91. The molecule has 8 nitrogen and oxygen atoms in total. The molecule has 0 saturated heterocycles. The van der Waals surface area contributed by atoms with Gasteiger partial charge in [-0.05, 0) is 23.3 Å². The van der Waals surface area contributed by atoms with Gasteiger partial charge < -0.3 is 4.52 Å². The first-order chi connectivity index (χ1) is 16.7. The SMILES string of the molecule is Cn1cc(-c2ccc3ncc(-c4ccc(CC(=O)Nc5cc(C(C)(C)C)no5)cc4)nc3c2)cn1. The normalized spacial score (nSPS) is 11.7. The van der Waals surface area contributed by atoms with Gasteiger partial charge in [-0.1, -0.05) is 56.3 Å². The topological polar surface area (TPSA) is 98.7 Å². The number of rotatable bonds is 5. The van der Waals surface area contributed by atoms with Crippen LogP contribution in [0.2, 0.25) is 0 Å². The number of carbonyl (C=O) groups excluding carboxylic acids is 1. The lowest BCUT2D eigenvalue weighted by molar-refractivity contribution is -0.115. The van der Waals surface area contributed by atoms with E-state index in [4.69, 9.17) is 9.51 Å². The minimum atomic E-state index is -0.164. The molecule has 35 heavy (non-hydrogen) atoms. The summed E-state index contributed by atoms with van der Waals surface area (Å²) in [4.78, 5) is 21.9. The summed E-state index contributed by atoms with van der Waals surface area (Å²) in [6.07, 6.45) is 5.80. The fourth-order valence-electron chi connectivity index (χ4n) is 3.75. The Bertz CT molecular complexity index is 1510. The van der Waals surface area contributed by atoms with Crippen molar-refractivity contribution >= 4 is 22.8 Å². The van der Waals surface area contributed by atoms with E-state index in [9.17, 15) is 4.79 Å². The van der Waals surface area contributed by atoms with Crippen molar-refractivity contribution < 1.29 is 9.32 Å². The first-order valence-electron chi connectivity index (χ1n) is 11.4. The van der Waals surface area contributed by atoms with E-state index in [1.165, 1.54) is 0 Å². The van der Waals surface area contributed by atoms with Gasteiger partial charge in [0.15, 0.2) is 0 Å². The molecule has 0 aliphatic rings. The van der Waals surface area contributed by atoms with Crippen LogP contribution in [-0.4, -0.2) is 30.8 Å². The number of amides is 1. The largest absolute Gasteiger partial charge is 0.338 e. The Morgan fingerprint density at radius 1 is 0.971 bits per heavy atom. The van der Waals surface area contributed by atoms with Gasteiger partial charge in [0.2, 0.25) is 11.8 Å². The van der Waals surface area contributed by atoms with Gasteiger partial charge in [-0.15, -0.1) is 0 Å². The molecule has 0 saturated carbocycles. The minimum absolute atomic E-state index is 0.145. The Labute approximate surface area is 203 Å². The minimum Gasteiger partial charge on any atom is -0.338 e. The van der Waals surface area contributed by atoms with Crippen LogP contribution in [0.3, 0.4) is 0 Å². The summed E-state index contributed by atoms with van der Waals surface area (Å²) >= 11 is 0. The van der Waals surface area contributed by atoms with Crippen molar-refractivity contribution in [1.29, 1.82) is 0 Å². The highest BCUT2D eigenvalue weighted by Crippen LogP contribution is 2.26. The van der Waals surface area contributed by atoms with Crippen LogP contribution in [0.15, 0.2) is 71.6 Å². The monoisotopic (exact) mass is 466 g/mol. The highest BCUT2D eigenvalue weighted by Gasteiger charge is 2.19. The van der Waals surface area contributed by atoms with Crippen LogP contribution in [0.25, 0.3) is 33.4 Å². The molecule has 5 aromatic rings. The second-order valence-electron chi connectivity index (χ2n) is 9.61. The summed E-state index contributed by atoms with van der Waals surface area (Å²) < 4.78 is 7.02. The molecule has 0 fully saturated rings. The zero-order valence-corrected chi connectivity index (χ0v) is 20.1. The third-order valence-corrected chi connectivity index (χ3v) is 5.74. The van der Waals surface area contributed by atoms with E-state index in [0.29, 0.717) is 5.88 Å². The van der Waals surface area contributed by atoms with Crippen LogP contribution in [0.4, 0.5) is 5.88 Å². The average Bonchev–Trinajstić information content (AvgIpc) is 3.48. The number of carbonyl (C=O) groups is 1. The molecule has 3 heterocycles. The predicted molar refractivity (Wildman–Crippen MR) is 135 cm³/mol. The number of benzene rings is 2. The summed E-state index contributed by atoms with van der Waals surface area (Å²) in [5, 5.41) is 11.0. The van der Waals surface area contributed by atoms with Crippen molar-refractivity contribution in [2.24, 2.45) is 7.05 Å². The Kier molecular flexibility index (Phi) is 5.64. The maximum absolute atomic E-state index is 12.5. The van der Waals surface area contributed by atoms with Crippen LogP contribution >= 0.6 is 0 Å². The zero-order chi connectivity index (χ0) is 24.6. The smallest absolute Gasteiger partial charge is 0.231 e. The van der Waals surface area contributed by atoms with Crippen molar-refractivity contribution in [2.75, 3.05) is 5.32 Å². The van der Waals surface area contributed by atoms with Crippen molar-refractivity contribution in [3.05, 3.63) is 78.4 Å². The highest BCUT2D eigenvalue weighted by atomic mass is 16.5. The van der Waals surface area contributed by atoms with Gasteiger partial charge in [0.25, 0.3) is 0 Å². The van der Waals surface area contributed by atoms with Crippen LogP contribution in [0, 0.1) is 0 Å². The molecule has 3 aromatic heterocycles. The van der Waals surface area contributed by atoms with E-state index in [-0.39, 0.29) is 17.7 Å². The molecule has 0 spiro atoms. The van der Waals surface area contributed by atoms with E-state index in [2.05, 4.69) is 20.6 Å². The molecule has 1 amide bonds. The van der Waals surface area contributed by atoms with Crippen LogP contribution < -0.4 is 5.32 Å². The van der Waals surface area contributed by atoms with Crippen molar-refractivity contribution in [2.45, 2.75) is 32.6 Å². The number of fused-ring (bicyclic) bond motifs is 1. The molecule has 176 valence electrons. The van der Waals surface area contributed by atoms with Crippen molar-refractivity contribution in [3.8, 4) is 22.4 Å². The quantitative estimate of drug-likeness (QED) is 0.384. The van der Waals surface area contributed by atoms with Gasteiger partial charge in [0, 0.05) is 35.9 Å². The second kappa shape index (κ2) is 8.79. The molecule has 8 heteroatoms. The number of hydrogen-bond donors (Lipinski definition) is 1. The predicted octanol–water partition coefficient (Wildman–Crippen LogP) is 5.16. The van der Waals surface area contributed by atoms with Gasteiger partial charge in [-0.25, -0.2) is 4.98 Å². The van der Waals surface area contributed by atoms with Gasteiger partial charge in [-0.3, -0.25) is 19.8 Å². The molecule has 0 aliphatic carbocycles. The Balaban J connectivity index is 1.30. The standard InChI is InChI=1S/C27H26N6O2/c1-27(2,3)24-13-26(35-32-24)31-25(34)11-17-5-7-18(8-6-17)23-15-28-21-10-9-19(12-22(21)30-23)20-14-29-33(4)16-20/h5-10,12-16H,11H2,1-4H3,(H,31,34). The molecule has 0 unspecified atom stereocenters. The van der Waals surface area contributed by atoms with E-state index in [0.717, 1.165) is 44.7 Å². The Morgan fingerprint density at radius 3 is 2.43 bits per heavy atom. The van der Waals surface area contributed by atoms with Crippen molar-refractivity contribution in [1.82, 2.24) is 24.9 Å². The van der Waals surface area contributed by atoms with Crippen LogP contribution in [-0.2, 0) is 23.7 Å². The molecular formula is C27H26N6O2. The number of anilines is 1. The Morgan fingerprint density at radius 2 is 1.74 bits per heavy atom. The van der Waals surface area contributed by atoms with Crippen LogP contribution in [0.5, 0.6) is 0 Å². The maximum Gasteiger partial charge on any atom is 0.231 e. The second-order valence-corrected chi connectivity index (χ2v) is 9.61. The number of nitrogens with zero attached hydrogens (tertiary/aromatic N) is 5. The molecule has 5 rings (SSSR count). The van der Waals surface area contributed by atoms with Crippen molar-refractivity contribution in [3.63, 3.8) is 0 Å². The number of aryl methyl sites for hydroxylation is 1. The average molecular weight is 467 g/mol. The van der Waals surface area contributed by atoms with E-state index in [1.807, 2.05) is 82.7 Å². The molecule has 1 N–H and O–H groups in total. The third-order valence-electron chi connectivity index (χ3n) is 5.74. The van der Waals surface area contributed by atoms with E-state index in [1.54, 1.807) is 16.9 Å². The third kappa shape index (κ3) is 4.96. The summed E-state index contributed by atoms with van der Waals surface area (Å²) in [5.74, 6) is 0.191. The molecular weight excluding hydrogens is 440 g/mol. The zero-order valence-electron chi connectivity index (χ0n) is 20.1. The lowest BCUT2D eigenvalue weighted by Gasteiger charge is -2.12. The summed E-state index contributed by atoms with van der Waals surface area (Å²) in [6, 6.07) is 15.5. The first kappa shape index (κ1) is 22.5. The molecule has 0 bridgehead atoms. The van der Waals surface area contributed by atoms with Gasteiger partial charge in [0.1, 0.15) is 0 Å². The lowest BCUT2D eigenvalue weighted by Crippen LogP contribution is -2.14. The number of nitrogens with one attached hydrogen (secondary N) is 1. The van der Waals surface area contributed by atoms with E-state index >= 15 is 0 Å². The molecule has 0 atom stereocenters. The van der Waals surface area contributed by atoms with Gasteiger partial charge in [-0.2, -0.15) is 5.10 Å². The van der Waals surface area contributed by atoms with Crippen LogP contribution in [0.1, 0.15) is 32.0 Å². The molecule has 0 radical (unpaired) electrons. The maximum atomic E-state index is 12.5. The van der Waals surface area contributed by atoms with Gasteiger partial charge in [0.05, 0.1) is 41.2 Å². The first-order valence-corrected chi connectivity index (χ1v) is 11.4. The lowest BCUT2D eigenvalue weighted by atomic mass is 9.92. The van der Waals surface area contributed by atoms with E-state index < -0.39 is 0 Å². The fraction of sp³-hybridized carbons (Fsp3) is 0.222. The molecule has 2 aromatic carbocycles. The number of aromatic nitrogens is 5. The summed E-state index contributed by atoms with van der Waals surface area (Å²) in [6.45, 7) is 6.12. The fourth-order valence-corrected chi connectivity index (χ4v) is 3.75. The summed E-state index contributed by atoms with van der Waals surface area (Å²) in [7, 11) is 1.90.